The van der Waals surface area contributed by atoms with Gasteiger partial charge in [-0.1, -0.05) is 0 Å². The number of sulfonamides is 1. The summed E-state index contributed by atoms with van der Waals surface area (Å²) in [6.45, 7) is 0.827. The SMILES string of the molecule is O=S(=O)(c1ccc(F)cc1)N1CCC(n2cnc3cccnc32)CC1. The monoisotopic (exact) mass is 360 g/mol. The molecule has 1 aromatic carbocycles. The average molecular weight is 360 g/mol. The van der Waals surface area contributed by atoms with Crippen LogP contribution in [-0.2, 0) is 10.0 Å². The van der Waals surface area contributed by atoms with Crippen LogP contribution in [0.2, 0.25) is 0 Å². The van der Waals surface area contributed by atoms with E-state index in [1.165, 1.54) is 28.6 Å². The molecule has 25 heavy (non-hydrogen) atoms. The van der Waals surface area contributed by atoms with Gasteiger partial charge in [0.2, 0.25) is 10.0 Å². The highest BCUT2D eigenvalue weighted by atomic mass is 32.2. The lowest BCUT2D eigenvalue weighted by atomic mass is 10.1. The molecule has 0 N–H and O–H groups in total. The van der Waals surface area contributed by atoms with Crippen molar-refractivity contribution in [2.75, 3.05) is 13.1 Å². The van der Waals surface area contributed by atoms with Crippen LogP contribution in [0.1, 0.15) is 18.9 Å². The van der Waals surface area contributed by atoms with Crippen molar-refractivity contribution in [1.29, 1.82) is 0 Å². The summed E-state index contributed by atoms with van der Waals surface area (Å²) in [6.07, 6.45) is 4.87. The van der Waals surface area contributed by atoms with E-state index in [0.717, 1.165) is 11.2 Å². The largest absolute Gasteiger partial charge is 0.312 e. The molecule has 0 radical (unpaired) electrons. The van der Waals surface area contributed by atoms with E-state index in [-0.39, 0.29) is 10.9 Å². The van der Waals surface area contributed by atoms with Crippen molar-refractivity contribution in [3.8, 4) is 0 Å². The van der Waals surface area contributed by atoms with Crippen LogP contribution in [-0.4, -0.2) is 40.3 Å². The molecule has 1 saturated heterocycles. The second kappa shape index (κ2) is 6.20. The van der Waals surface area contributed by atoms with Gasteiger partial charge < -0.3 is 4.57 Å². The Hall–Kier alpha value is -2.32. The third kappa shape index (κ3) is 2.91. The molecule has 1 aliphatic rings. The smallest absolute Gasteiger partial charge is 0.243 e. The summed E-state index contributed by atoms with van der Waals surface area (Å²) < 4.78 is 41.9. The molecule has 0 amide bonds. The first-order valence-electron chi connectivity index (χ1n) is 8.09. The summed E-state index contributed by atoms with van der Waals surface area (Å²) in [5.41, 5.74) is 1.66. The maximum atomic E-state index is 13.0. The third-order valence-corrected chi connectivity index (χ3v) is 6.51. The van der Waals surface area contributed by atoms with Gasteiger partial charge in [-0.2, -0.15) is 4.31 Å². The Morgan fingerprint density at radius 2 is 1.76 bits per heavy atom. The second-order valence-electron chi connectivity index (χ2n) is 6.09. The van der Waals surface area contributed by atoms with Gasteiger partial charge in [0.25, 0.3) is 0 Å². The number of fused-ring (bicyclic) bond motifs is 1. The zero-order valence-corrected chi connectivity index (χ0v) is 14.2. The predicted octanol–water partition coefficient (Wildman–Crippen LogP) is 2.60. The fraction of sp³-hybridized carbons (Fsp3) is 0.294. The fourth-order valence-corrected chi connectivity index (χ4v) is 4.72. The molecular formula is C17H17FN4O2S. The van der Waals surface area contributed by atoms with Crippen molar-refractivity contribution in [1.82, 2.24) is 18.8 Å². The van der Waals surface area contributed by atoms with Crippen LogP contribution in [0, 0.1) is 5.82 Å². The van der Waals surface area contributed by atoms with E-state index >= 15 is 0 Å². The first-order chi connectivity index (χ1) is 12.1. The molecule has 6 nitrogen and oxygen atoms in total. The Balaban J connectivity index is 1.52. The second-order valence-corrected chi connectivity index (χ2v) is 8.03. The van der Waals surface area contributed by atoms with E-state index in [0.29, 0.717) is 25.9 Å². The molecule has 3 heterocycles. The molecule has 1 fully saturated rings. The number of aromatic nitrogens is 3. The minimum Gasteiger partial charge on any atom is -0.312 e. The molecule has 2 aromatic heterocycles. The minimum absolute atomic E-state index is 0.127. The van der Waals surface area contributed by atoms with E-state index in [2.05, 4.69) is 9.97 Å². The van der Waals surface area contributed by atoms with Crippen LogP contribution in [0.5, 0.6) is 0 Å². The van der Waals surface area contributed by atoms with Gasteiger partial charge in [-0.05, 0) is 49.2 Å². The Kier molecular flexibility index (Phi) is 4.01. The van der Waals surface area contributed by atoms with E-state index in [9.17, 15) is 12.8 Å². The lowest BCUT2D eigenvalue weighted by Crippen LogP contribution is -2.39. The summed E-state index contributed by atoms with van der Waals surface area (Å²) in [6, 6.07) is 8.88. The number of piperidine rings is 1. The molecular weight excluding hydrogens is 343 g/mol. The van der Waals surface area contributed by atoms with Gasteiger partial charge >= 0.3 is 0 Å². The molecule has 0 aliphatic carbocycles. The van der Waals surface area contributed by atoms with Gasteiger partial charge in [0.05, 0.1) is 11.2 Å². The van der Waals surface area contributed by atoms with E-state index in [4.69, 9.17) is 0 Å². The molecule has 0 saturated carbocycles. The number of imidazole rings is 1. The van der Waals surface area contributed by atoms with Crippen molar-refractivity contribution in [2.45, 2.75) is 23.8 Å². The predicted molar refractivity (Wildman–Crippen MR) is 91.0 cm³/mol. The maximum Gasteiger partial charge on any atom is 0.243 e. The van der Waals surface area contributed by atoms with Crippen LogP contribution < -0.4 is 0 Å². The summed E-state index contributed by atoms with van der Waals surface area (Å²) in [7, 11) is -3.59. The van der Waals surface area contributed by atoms with Crippen molar-refractivity contribution in [3.05, 3.63) is 54.7 Å². The third-order valence-electron chi connectivity index (χ3n) is 4.60. The first-order valence-corrected chi connectivity index (χ1v) is 9.53. The van der Waals surface area contributed by atoms with Gasteiger partial charge in [0.15, 0.2) is 5.65 Å². The van der Waals surface area contributed by atoms with E-state index in [1.54, 1.807) is 12.5 Å². The molecule has 0 atom stereocenters. The lowest BCUT2D eigenvalue weighted by Gasteiger charge is -2.31. The number of hydrogen-bond acceptors (Lipinski definition) is 4. The quantitative estimate of drug-likeness (QED) is 0.720. The molecule has 4 rings (SSSR count). The Labute approximate surface area is 145 Å². The number of halogens is 1. The van der Waals surface area contributed by atoms with Gasteiger partial charge in [0.1, 0.15) is 11.3 Å². The molecule has 0 spiro atoms. The number of pyridine rings is 1. The van der Waals surface area contributed by atoms with Gasteiger partial charge in [-0.25, -0.2) is 22.8 Å². The fourth-order valence-electron chi connectivity index (χ4n) is 3.25. The Bertz CT molecular complexity index is 993. The minimum atomic E-state index is -3.59. The highest BCUT2D eigenvalue weighted by molar-refractivity contribution is 7.89. The van der Waals surface area contributed by atoms with Crippen molar-refractivity contribution < 1.29 is 12.8 Å². The number of rotatable bonds is 3. The van der Waals surface area contributed by atoms with E-state index in [1.807, 2.05) is 16.7 Å². The zero-order chi connectivity index (χ0) is 17.4. The highest BCUT2D eigenvalue weighted by Crippen LogP contribution is 2.28. The molecule has 1 aliphatic heterocycles. The van der Waals surface area contributed by atoms with Crippen molar-refractivity contribution in [3.63, 3.8) is 0 Å². The normalized spacial score (nSPS) is 17.2. The summed E-state index contributed by atoms with van der Waals surface area (Å²) in [4.78, 5) is 8.85. The number of nitrogens with zero attached hydrogens (tertiary/aromatic N) is 4. The Morgan fingerprint density at radius 3 is 2.48 bits per heavy atom. The first kappa shape index (κ1) is 16.2. The number of hydrogen-bond donors (Lipinski definition) is 0. The highest BCUT2D eigenvalue weighted by Gasteiger charge is 2.30. The van der Waals surface area contributed by atoms with Crippen LogP contribution in [0.4, 0.5) is 4.39 Å². The zero-order valence-electron chi connectivity index (χ0n) is 13.4. The van der Waals surface area contributed by atoms with Crippen LogP contribution in [0.15, 0.2) is 53.8 Å². The summed E-state index contributed by atoms with van der Waals surface area (Å²) in [5.74, 6) is -0.447. The topological polar surface area (TPSA) is 68.1 Å². The van der Waals surface area contributed by atoms with Crippen molar-refractivity contribution >= 4 is 21.2 Å². The summed E-state index contributed by atoms with van der Waals surface area (Å²) >= 11 is 0. The van der Waals surface area contributed by atoms with Crippen molar-refractivity contribution in [2.24, 2.45) is 0 Å². The average Bonchev–Trinajstić information content (AvgIpc) is 3.06. The van der Waals surface area contributed by atoms with E-state index < -0.39 is 15.8 Å². The lowest BCUT2D eigenvalue weighted by molar-refractivity contribution is 0.276. The number of benzene rings is 1. The maximum absolute atomic E-state index is 13.0. The molecule has 0 unspecified atom stereocenters. The van der Waals surface area contributed by atoms with Gasteiger partial charge in [-0.15, -0.1) is 0 Å². The van der Waals surface area contributed by atoms with Gasteiger partial charge in [0, 0.05) is 25.3 Å². The van der Waals surface area contributed by atoms with Gasteiger partial charge in [-0.3, -0.25) is 0 Å². The van der Waals surface area contributed by atoms with Crippen LogP contribution in [0.3, 0.4) is 0 Å². The standard InChI is InChI=1S/C17H17FN4O2S/c18-13-3-5-15(6-4-13)25(23,24)21-10-7-14(8-11-21)22-12-20-16-2-1-9-19-17(16)22/h1-6,9,12,14H,7-8,10-11H2. The molecule has 0 bridgehead atoms. The summed E-state index contributed by atoms with van der Waals surface area (Å²) in [5, 5.41) is 0. The van der Waals surface area contributed by atoms with Crippen LogP contribution >= 0.6 is 0 Å². The Morgan fingerprint density at radius 1 is 1.04 bits per heavy atom. The molecule has 130 valence electrons. The van der Waals surface area contributed by atoms with Crippen LogP contribution in [0.25, 0.3) is 11.2 Å². The molecule has 3 aromatic rings. The molecule has 8 heteroatoms.